The minimum atomic E-state index is 0.867. The van der Waals surface area contributed by atoms with Crippen molar-refractivity contribution in [1.82, 2.24) is 0 Å². The van der Waals surface area contributed by atoms with Crippen LogP contribution in [-0.4, -0.2) is 0 Å². The summed E-state index contributed by atoms with van der Waals surface area (Å²) in [5.74, 6) is 1.79. The summed E-state index contributed by atoms with van der Waals surface area (Å²) >= 11 is 0. The first-order valence-corrected chi connectivity index (χ1v) is 15.9. The Kier molecular flexibility index (Phi) is 4.84. The highest BCUT2D eigenvalue weighted by molar-refractivity contribution is 6.19. The Balaban J connectivity index is 1.06. The quantitative estimate of drug-likeness (QED) is 0.198. The van der Waals surface area contributed by atoms with Gasteiger partial charge in [0.2, 0.25) is 0 Å². The van der Waals surface area contributed by atoms with Crippen LogP contribution in [0.4, 0.5) is 0 Å². The van der Waals surface area contributed by atoms with Crippen molar-refractivity contribution >= 4 is 65.4 Å². The molecule has 218 valence electrons. The van der Waals surface area contributed by atoms with Crippen LogP contribution in [0.3, 0.4) is 0 Å². The van der Waals surface area contributed by atoms with Crippen molar-refractivity contribution in [3.63, 3.8) is 0 Å². The largest absolute Gasteiger partial charge is 0.456 e. The second-order valence-corrected chi connectivity index (χ2v) is 12.4. The van der Waals surface area contributed by atoms with E-state index >= 15 is 0 Å². The third-order valence-corrected chi connectivity index (χ3v) is 9.88. The lowest BCUT2D eigenvalue weighted by atomic mass is 9.90. The van der Waals surface area contributed by atoms with Gasteiger partial charge in [0.25, 0.3) is 0 Å². The molecule has 0 fully saturated rings. The number of benzene rings is 8. The van der Waals surface area contributed by atoms with Crippen molar-refractivity contribution in [3.8, 4) is 44.9 Å². The molecule has 0 N–H and O–H groups in total. The molecule has 0 atom stereocenters. The molecule has 11 rings (SSSR count). The van der Waals surface area contributed by atoms with Crippen molar-refractivity contribution in [2.45, 2.75) is 0 Å². The van der Waals surface area contributed by atoms with Gasteiger partial charge in [0, 0.05) is 37.9 Å². The number of para-hydroxylation sites is 1. The monoisotopic (exact) mass is 600 g/mol. The maximum Gasteiger partial charge on any atom is 0.143 e. The molecule has 10 aromatic rings. The Labute approximate surface area is 268 Å². The normalized spacial score (nSPS) is 12.4. The molecule has 0 saturated heterocycles. The molecule has 3 nitrogen and oxygen atoms in total. The van der Waals surface area contributed by atoms with Crippen LogP contribution in [0.1, 0.15) is 0 Å². The van der Waals surface area contributed by atoms with E-state index in [2.05, 4.69) is 133 Å². The van der Waals surface area contributed by atoms with Gasteiger partial charge in [-0.15, -0.1) is 0 Å². The van der Waals surface area contributed by atoms with Gasteiger partial charge in [0.05, 0.1) is 0 Å². The topological polar surface area (TPSA) is 35.5 Å². The number of furan rings is 2. The van der Waals surface area contributed by atoms with Gasteiger partial charge in [-0.3, -0.25) is 0 Å². The lowest BCUT2D eigenvalue weighted by Crippen LogP contribution is -1.97. The standard InChI is InChI=1S/C44H24O3/c1-2-8-30-25(7-1)15-20-36-42-29(10-6-14-38(42)47-44(30)36)27-17-19-33-32-18-16-26(23-40(32)46-41(33)24-27)28-21-22-39-43-34(28)11-5-12-35(43)31-9-3-4-13-37(31)45-39/h1-24H. The average Bonchev–Trinajstić information content (AvgIpc) is 3.70. The number of fused-ring (bicyclic) bond motifs is 10. The van der Waals surface area contributed by atoms with Crippen molar-refractivity contribution in [3.05, 3.63) is 146 Å². The molecular formula is C44H24O3. The summed E-state index contributed by atoms with van der Waals surface area (Å²) in [7, 11) is 0. The zero-order chi connectivity index (χ0) is 30.6. The van der Waals surface area contributed by atoms with Crippen molar-refractivity contribution in [2.24, 2.45) is 0 Å². The van der Waals surface area contributed by atoms with Crippen LogP contribution in [0.2, 0.25) is 0 Å². The molecule has 0 radical (unpaired) electrons. The summed E-state index contributed by atoms with van der Waals surface area (Å²) in [6.45, 7) is 0. The van der Waals surface area contributed by atoms with Crippen LogP contribution in [0.5, 0.6) is 11.5 Å². The van der Waals surface area contributed by atoms with E-state index in [1.165, 1.54) is 16.3 Å². The Morgan fingerprint density at radius 3 is 1.94 bits per heavy atom. The van der Waals surface area contributed by atoms with Gasteiger partial charge >= 0.3 is 0 Å². The molecule has 0 unspecified atom stereocenters. The molecule has 0 saturated carbocycles. The van der Waals surface area contributed by atoms with Gasteiger partial charge in [-0.05, 0) is 87.1 Å². The Morgan fingerprint density at radius 1 is 0.340 bits per heavy atom. The van der Waals surface area contributed by atoms with E-state index in [-0.39, 0.29) is 0 Å². The fraction of sp³-hybridized carbons (Fsp3) is 0. The van der Waals surface area contributed by atoms with Crippen LogP contribution in [0.25, 0.3) is 98.8 Å². The first kappa shape index (κ1) is 24.9. The lowest BCUT2D eigenvalue weighted by Gasteiger charge is -2.22. The molecule has 0 bridgehead atoms. The summed E-state index contributed by atoms with van der Waals surface area (Å²) in [5.41, 5.74) is 10.4. The molecule has 3 heterocycles. The summed E-state index contributed by atoms with van der Waals surface area (Å²) in [6, 6.07) is 51.2. The molecule has 0 spiro atoms. The van der Waals surface area contributed by atoms with Gasteiger partial charge < -0.3 is 13.6 Å². The van der Waals surface area contributed by atoms with Crippen LogP contribution in [0, 0.1) is 0 Å². The minimum absolute atomic E-state index is 0.867. The average molecular weight is 601 g/mol. The number of hydrogen-bond donors (Lipinski definition) is 0. The predicted octanol–water partition coefficient (Wildman–Crippen LogP) is 12.9. The van der Waals surface area contributed by atoms with E-state index in [1.54, 1.807) is 0 Å². The first-order chi connectivity index (χ1) is 23.3. The maximum atomic E-state index is 6.61. The zero-order valence-electron chi connectivity index (χ0n) is 25.1. The molecule has 0 aliphatic carbocycles. The van der Waals surface area contributed by atoms with Crippen molar-refractivity contribution in [2.75, 3.05) is 0 Å². The SMILES string of the molecule is c1ccc2c(c1)Oc1ccc(-c3ccc4c(c3)oc3cc(-c5cccc6oc7c8ccccc8ccc7c56)ccc34)c3cccc-2c13. The second-order valence-electron chi connectivity index (χ2n) is 12.4. The molecule has 1 aliphatic heterocycles. The van der Waals surface area contributed by atoms with Crippen LogP contribution < -0.4 is 4.74 Å². The van der Waals surface area contributed by atoms with E-state index in [9.17, 15) is 0 Å². The van der Waals surface area contributed by atoms with E-state index < -0.39 is 0 Å². The highest BCUT2D eigenvalue weighted by Crippen LogP contribution is 2.49. The van der Waals surface area contributed by atoms with Gasteiger partial charge in [0.15, 0.2) is 0 Å². The van der Waals surface area contributed by atoms with Gasteiger partial charge in [-0.1, -0.05) is 97.1 Å². The summed E-state index contributed by atoms with van der Waals surface area (Å²) < 4.78 is 19.4. The smallest absolute Gasteiger partial charge is 0.143 e. The fourth-order valence-electron chi connectivity index (χ4n) is 7.74. The summed E-state index contributed by atoms with van der Waals surface area (Å²) in [4.78, 5) is 0. The lowest BCUT2D eigenvalue weighted by molar-refractivity contribution is 0.487. The van der Waals surface area contributed by atoms with Crippen LogP contribution in [-0.2, 0) is 0 Å². The number of rotatable bonds is 2. The molecule has 47 heavy (non-hydrogen) atoms. The summed E-state index contributed by atoms with van der Waals surface area (Å²) in [5, 5.41) is 9.08. The second kappa shape index (κ2) is 9.12. The van der Waals surface area contributed by atoms with E-state index in [1.807, 2.05) is 12.1 Å². The Morgan fingerprint density at radius 2 is 1.04 bits per heavy atom. The van der Waals surface area contributed by atoms with Crippen LogP contribution in [0.15, 0.2) is 154 Å². The molecule has 3 heteroatoms. The highest BCUT2D eigenvalue weighted by atomic mass is 16.5. The highest BCUT2D eigenvalue weighted by Gasteiger charge is 2.22. The van der Waals surface area contributed by atoms with Crippen LogP contribution >= 0.6 is 0 Å². The molecule has 0 amide bonds. The third-order valence-electron chi connectivity index (χ3n) is 9.88. The maximum absolute atomic E-state index is 6.61. The Bertz CT molecular complexity index is 2940. The summed E-state index contributed by atoms with van der Waals surface area (Å²) in [6.07, 6.45) is 0. The minimum Gasteiger partial charge on any atom is -0.456 e. The fourth-order valence-corrected chi connectivity index (χ4v) is 7.74. The van der Waals surface area contributed by atoms with E-state index in [0.717, 1.165) is 94.0 Å². The first-order valence-electron chi connectivity index (χ1n) is 15.9. The van der Waals surface area contributed by atoms with Gasteiger partial charge in [-0.25, -0.2) is 0 Å². The predicted molar refractivity (Wildman–Crippen MR) is 192 cm³/mol. The number of ether oxygens (including phenoxy) is 1. The van der Waals surface area contributed by atoms with Crippen molar-refractivity contribution < 1.29 is 13.6 Å². The van der Waals surface area contributed by atoms with E-state index in [0.29, 0.717) is 0 Å². The third kappa shape index (κ3) is 3.46. The molecule has 1 aliphatic rings. The zero-order valence-corrected chi connectivity index (χ0v) is 25.1. The molecular weight excluding hydrogens is 576 g/mol. The van der Waals surface area contributed by atoms with Gasteiger partial charge in [0.1, 0.15) is 33.8 Å². The number of hydrogen-bond acceptors (Lipinski definition) is 3. The van der Waals surface area contributed by atoms with Crippen molar-refractivity contribution in [1.29, 1.82) is 0 Å². The van der Waals surface area contributed by atoms with Gasteiger partial charge in [-0.2, -0.15) is 0 Å². The van der Waals surface area contributed by atoms with E-state index in [4.69, 9.17) is 13.6 Å². The molecule has 8 aromatic carbocycles. The molecule has 2 aromatic heterocycles. The Hall–Kier alpha value is -6.32.